The summed E-state index contributed by atoms with van der Waals surface area (Å²) in [7, 11) is 0. The number of ether oxygens (including phenoxy) is 2. The minimum atomic E-state index is -4.31. The number of aromatic carboxylic acids is 1. The van der Waals surface area contributed by atoms with Crippen LogP contribution in [0.3, 0.4) is 0 Å². The zero-order valence-electron chi connectivity index (χ0n) is 22.0. The first-order valence-corrected chi connectivity index (χ1v) is 12.8. The molecule has 0 bridgehead atoms. The first kappa shape index (κ1) is 27.6. The molecular formula is C31H26F3N3O4. The number of carboxylic acid groups (broad SMARTS) is 1. The predicted molar refractivity (Wildman–Crippen MR) is 149 cm³/mol. The highest BCUT2D eigenvalue weighted by Gasteiger charge is 2.26. The number of rotatable bonds is 10. The van der Waals surface area contributed by atoms with Crippen molar-refractivity contribution in [2.75, 3.05) is 11.9 Å². The fourth-order valence-corrected chi connectivity index (χ4v) is 4.35. The number of carbonyl (C=O) groups is 1. The minimum Gasteiger partial charge on any atom is -0.489 e. The van der Waals surface area contributed by atoms with E-state index in [4.69, 9.17) is 9.47 Å². The lowest BCUT2D eigenvalue weighted by Crippen LogP contribution is -2.14. The Labute approximate surface area is 233 Å². The molecule has 0 fully saturated rings. The van der Waals surface area contributed by atoms with Crippen LogP contribution in [0.1, 0.15) is 27.9 Å². The van der Waals surface area contributed by atoms with Gasteiger partial charge in [0.1, 0.15) is 35.7 Å². The number of fused-ring (bicyclic) bond motifs is 1. The Morgan fingerprint density at radius 2 is 1.68 bits per heavy atom. The van der Waals surface area contributed by atoms with Crippen LogP contribution in [-0.2, 0) is 6.61 Å². The van der Waals surface area contributed by atoms with Gasteiger partial charge in [-0.1, -0.05) is 30.3 Å². The molecular weight excluding hydrogens is 535 g/mol. The average molecular weight is 562 g/mol. The molecule has 7 nitrogen and oxygen atoms in total. The van der Waals surface area contributed by atoms with E-state index in [9.17, 15) is 23.1 Å². The molecule has 4 aromatic carbocycles. The topological polar surface area (TPSA) is 85.6 Å². The van der Waals surface area contributed by atoms with Gasteiger partial charge >= 0.3 is 12.1 Å². The van der Waals surface area contributed by atoms with E-state index in [0.717, 1.165) is 5.56 Å². The Kier molecular flexibility index (Phi) is 7.82. The molecule has 210 valence electrons. The molecule has 5 aromatic rings. The quantitative estimate of drug-likeness (QED) is 0.181. The van der Waals surface area contributed by atoms with Gasteiger partial charge < -0.3 is 19.9 Å². The Morgan fingerprint density at radius 1 is 0.951 bits per heavy atom. The number of nitrogens with one attached hydrogen (secondary N) is 1. The normalized spacial score (nSPS) is 11.4. The number of alkyl halides is 3. The lowest BCUT2D eigenvalue weighted by Gasteiger charge is -2.14. The molecule has 0 aliphatic rings. The van der Waals surface area contributed by atoms with E-state index in [1.807, 2.05) is 30.3 Å². The van der Waals surface area contributed by atoms with Gasteiger partial charge in [0, 0.05) is 24.4 Å². The van der Waals surface area contributed by atoms with Crippen molar-refractivity contribution in [3.63, 3.8) is 0 Å². The molecule has 0 saturated carbocycles. The number of benzene rings is 4. The van der Waals surface area contributed by atoms with Gasteiger partial charge in [-0.05, 0) is 60.5 Å². The molecule has 0 atom stereocenters. The molecule has 0 radical (unpaired) electrons. The second kappa shape index (κ2) is 11.6. The first-order valence-electron chi connectivity index (χ1n) is 12.8. The van der Waals surface area contributed by atoms with Crippen molar-refractivity contribution in [3.05, 3.63) is 108 Å². The molecule has 0 aliphatic carbocycles. The maximum absolute atomic E-state index is 12.8. The van der Waals surface area contributed by atoms with Gasteiger partial charge in [-0.15, -0.1) is 0 Å². The largest absolute Gasteiger partial charge is 0.489 e. The van der Waals surface area contributed by atoms with Gasteiger partial charge in [0.15, 0.2) is 0 Å². The molecule has 5 rings (SSSR count). The van der Waals surface area contributed by atoms with Crippen molar-refractivity contribution in [1.82, 2.24) is 9.55 Å². The van der Waals surface area contributed by atoms with Gasteiger partial charge in [-0.3, -0.25) is 4.57 Å². The standard InChI is InChI=1S/C31H26F3N3O4/c1-20-15-22(7-12-26(20)30(38)39)37-19-36-29-27(35-14-13-31(32,33)34)16-25(17-28(29)37)41-24-10-8-23(9-11-24)40-18-21-5-3-2-4-6-21/h2-12,15-17,19,35H,13-14,18H2,1H3,(H,38,39). The van der Waals surface area contributed by atoms with E-state index < -0.39 is 18.6 Å². The van der Waals surface area contributed by atoms with Crippen molar-refractivity contribution < 1.29 is 32.5 Å². The Bertz CT molecular complexity index is 1670. The van der Waals surface area contributed by atoms with Crippen LogP contribution >= 0.6 is 0 Å². The second-order valence-electron chi connectivity index (χ2n) is 9.40. The van der Waals surface area contributed by atoms with Crippen LogP contribution in [0.2, 0.25) is 0 Å². The fourth-order valence-electron chi connectivity index (χ4n) is 4.35. The molecule has 1 aromatic heterocycles. The lowest BCUT2D eigenvalue weighted by atomic mass is 10.1. The molecule has 0 saturated heterocycles. The lowest BCUT2D eigenvalue weighted by molar-refractivity contribution is -0.131. The second-order valence-corrected chi connectivity index (χ2v) is 9.40. The summed E-state index contributed by atoms with van der Waals surface area (Å²) in [6.07, 6.45) is -3.79. The van der Waals surface area contributed by atoms with Gasteiger partial charge in [-0.2, -0.15) is 13.2 Å². The zero-order valence-corrected chi connectivity index (χ0v) is 22.0. The Hall–Kier alpha value is -4.99. The summed E-state index contributed by atoms with van der Waals surface area (Å²) in [4.78, 5) is 15.9. The Morgan fingerprint density at radius 3 is 2.37 bits per heavy atom. The van der Waals surface area contributed by atoms with Crippen LogP contribution in [0.4, 0.5) is 18.9 Å². The van der Waals surface area contributed by atoms with E-state index in [0.29, 0.717) is 51.8 Å². The summed E-state index contributed by atoms with van der Waals surface area (Å²) in [5, 5.41) is 12.2. The number of nitrogens with zero attached hydrogens (tertiary/aromatic N) is 2. The average Bonchev–Trinajstić information content (AvgIpc) is 3.36. The summed E-state index contributed by atoms with van der Waals surface area (Å²) in [6.45, 7) is 1.77. The van der Waals surface area contributed by atoms with E-state index in [-0.39, 0.29) is 12.1 Å². The van der Waals surface area contributed by atoms with Crippen molar-refractivity contribution >= 4 is 22.7 Å². The highest BCUT2D eigenvalue weighted by atomic mass is 19.4. The first-order chi connectivity index (χ1) is 19.7. The smallest absolute Gasteiger partial charge is 0.390 e. The van der Waals surface area contributed by atoms with Crippen LogP contribution in [0, 0.1) is 6.92 Å². The van der Waals surface area contributed by atoms with Crippen LogP contribution in [0.25, 0.3) is 16.7 Å². The fraction of sp³-hybridized carbons (Fsp3) is 0.161. The van der Waals surface area contributed by atoms with Crippen LogP contribution in [0.15, 0.2) is 91.3 Å². The third-order valence-electron chi connectivity index (χ3n) is 6.38. The molecule has 1 heterocycles. The molecule has 0 spiro atoms. The molecule has 0 unspecified atom stereocenters. The van der Waals surface area contributed by atoms with Crippen LogP contribution in [0.5, 0.6) is 17.2 Å². The number of carboxylic acids is 1. The third-order valence-corrected chi connectivity index (χ3v) is 6.38. The molecule has 0 amide bonds. The summed E-state index contributed by atoms with van der Waals surface area (Å²) in [6, 6.07) is 25.0. The van der Waals surface area contributed by atoms with Crippen molar-refractivity contribution in [2.24, 2.45) is 0 Å². The number of aryl methyl sites for hydroxylation is 1. The van der Waals surface area contributed by atoms with E-state index >= 15 is 0 Å². The van der Waals surface area contributed by atoms with Gasteiger partial charge in [0.05, 0.1) is 23.2 Å². The van der Waals surface area contributed by atoms with Crippen molar-refractivity contribution in [2.45, 2.75) is 26.1 Å². The van der Waals surface area contributed by atoms with Crippen LogP contribution < -0.4 is 14.8 Å². The van der Waals surface area contributed by atoms with E-state index in [2.05, 4.69) is 10.3 Å². The number of imidazole rings is 1. The minimum absolute atomic E-state index is 0.174. The summed E-state index contributed by atoms with van der Waals surface area (Å²) in [5.74, 6) is 0.508. The highest BCUT2D eigenvalue weighted by molar-refractivity contribution is 5.92. The third kappa shape index (κ3) is 6.78. The number of halogens is 3. The van der Waals surface area contributed by atoms with Crippen molar-refractivity contribution in [3.8, 4) is 22.9 Å². The van der Waals surface area contributed by atoms with Crippen LogP contribution in [-0.4, -0.2) is 33.3 Å². The zero-order chi connectivity index (χ0) is 29.0. The van der Waals surface area contributed by atoms with Gasteiger partial charge in [-0.25, -0.2) is 9.78 Å². The maximum Gasteiger partial charge on any atom is 0.390 e. The molecule has 10 heteroatoms. The van der Waals surface area contributed by atoms with Crippen molar-refractivity contribution in [1.29, 1.82) is 0 Å². The SMILES string of the molecule is Cc1cc(-n2cnc3c(NCCC(F)(F)F)cc(Oc4ccc(OCc5ccccc5)cc4)cc32)ccc1C(=O)O. The van der Waals surface area contributed by atoms with E-state index in [1.54, 1.807) is 60.0 Å². The summed E-state index contributed by atoms with van der Waals surface area (Å²) in [5.41, 5.74) is 3.81. The molecule has 0 aliphatic heterocycles. The van der Waals surface area contributed by atoms with Gasteiger partial charge in [0.25, 0.3) is 0 Å². The number of hydrogen-bond donors (Lipinski definition) is 2. The summed E-state index contributed by atoms with van der Waals surface area (Å²) >= 11 is 0. The maximum atomic E-state index is 12.8. The van der Waals surface area contributed by atoms with E-state index in [1.165, 1.54) is 12.4 Å². The number of aromatic nitrogens is 2. The van der Waals surface area contributed by atoms with Gasteiger partial charge in [0.2, 0.25) is 0 Å². The molecule has 41 heavy (non-hydrogen) atoms. The molecule has 2 N–H and O–H groups in total. The predicted octanol–water partition coefficient (Wildman–Crippen LogP) is 7.77. The highest BCUT2D eigenvalue weighted by Crippen LogP contribution is 2.34. The summed E-state index contributed by atoms with van der Waals surface area (Å²) < 4.78 is 52.2. The number of hydrogen-bond acceptors (Lipinski definition) is 5. The number of anilines is 1. The Balaban J connectivity index is 1.43. The monoisotopic (exact) mass is 561 g/mol.